The van der Waals surface area contributed by atoms with Crippen molar-refractivity contribution in [1.82, 2.24) is 19.9 Å². The van der Waals surface area contributed by atoms with Gasteiger partial charge in [-0.1, -0.05) is 36.2 Å². The Morgan fingerprint density at radius 3 is 2.65 bits per heavy atom. The summed E-state index contributed by atoms with van der Waals surface area (Å²) in [5.74, 6) is 1.39. The van der Waals surface area contributed by atoms with Gasteiger partial charge in [-0.05, 0) is 24.6 Å². The van der Waals surface area contributed by atoms with Crippen molar-refractivity contribution in [3.05, 3.63) is 58.6 Å². The second-order valence-corrected chi connectivity index (χ2v) is 7.31. The molecule has 1 aromatic carbocycles. The molecule has 0 saturated carbocycles. The van der Waals surface area contributed by atoms with Gasteiger partial charge in [0, 0.05) is 23.5 Å². The van der Waals surface area contributed by atoms with Gasteiger partial charge in [-0.25, -0.2) is 19.9 Å². The highest BCUT2D eigenvalue weighted by Gasteiger charge is 2.16. The Balaban J connectivity index is 1.79. The predicted octanol–water partition coefficient (Wildman–Crippen LogP) is 5.76. The maximum Gasteiger partial charge on any atom is 0.151 e. The molecule has 0 bridgehead atoms. The molecule has 130 valence electrons. The number of hydrogen-bond acceptors (Lipinski definition) is 6. The molecule has 0 aliphatic heterocycles. The molecular weight excluding hydrogens is 389 g/mol. The van der Waals surface area contributed by atoms with E-state index in [0.717, 1.165) is 32.9 Å². The van der Waals surface area contributed by atoms with Crippen molar-refractivity contribution >= 4 is 56.4 Å². The molecule has 0 fully saturated rings. The van der Waals surface area contributed by atoms with Crippen LogP contribution in [0.25, 0.3) is 20.8 Å². The fourth-order valence-corrected chi connectivity index (χ4v) is 4.30. The first-order valence-corrected chi connectivity index (χ1v) is 9.51. The van der Waals surface area contributed by atoms with Crippen LogP contribution < -0.4 is 5.32 Å². The van der Waals surface area contributed by atoms with Gasteiger partial charge in [0.15, 0.2) is 5.82 Å². The zero-order valence-corrected chi connectivity index (χ0v) is 16.0. The first kappa shape index (κ1) is 17.1. The van der Waals surface area contributed by atoms with Crippen LogP contribution in [0.3, 0.4) is 0 Å². The summed E-state index contributed by atoms with van der Waals surface area (Å²) in [7, 11) is 0. The van der Waals surface area contributed by atoms with Gasteiger partial charge in [0.1, 0.15) is 17.2 Å². The second kappa shape index (κ2) is 7.15. The quantitative estimate of drug-likeness (QED) is 0.470. The molecule has 3 aromatic heterocycles. The van der Waals surface area contributed by atoms with Gasteiger partial charge >= 0.3 is 0 Å². The number of aryl methyl sites for hydroxylation is 1. The Hall–Kier alpha value is -2.28. The number of thiazole rings is 1. The molecule has 3 heterocycles. The van der Waals surface area contributed by atoms with E-state index in [1.165, 1.54) is 11.3 Å². The standard InChI is InChI=1S/C18H13Cl2N5S/c1-2-10-8-14(23-9-22-10)25-17-16-13(6-7-21-17)24-18(26-16)15-11(19)4-3-5-12(15)20/h3-9H,2H2,1H3,(H,21,22,23,25). The number of halogens is 2. The molecule has 0 atom stereocenters. The average molecular weight is 402 g/mol. The van der Waals surface area contributed by atoms with E-state index >= 15 is 0 Å². The number of aromatic nitrogens is 4. The third kappa shape index (κ3) is 3.23. The van der Waals surface area contributed by atoms with Crippen LogP contribution in [0.2, 0.25) is 10.0 Å². The lowest BCUT2D eigenvalue weighted by molar-refractivity contribution is 1.000. The number of pyridine rings is 1. The SMILES string of the molecule is CCc1cc(Nc2nccc3nc(-c4c(Cl)cccc4Cl)sc23)ncn1. The van der Waals surface area contributed by atoms with E-state index in [0.29, 0.717) is 21.7 Å². The van der Waals surface area contributed by atoms with Gasteiger partial charge in [-0.2, -0.15) is 0 Å². The summed E-state index contributed by atoms with van der Waals surface area (Å²) in [6.07, 6.45) is 4.09. The Kier molecular flexibility index (Phi) is 4.72. The molecule has 4 rings (SSSR count). The van der Waals surface area contributed by atoms with E-state index in [-0.39, 0.29) is 0 Å². The Bertz CT molecular complexity index is 1080. The van der Waals surface area contributed by atoms with E-state index < -0.39 is 0 Å². The number of nitrogens with one attached hydrogen (secondary N) is 1. The van der Waals surface area contributed by atoms with Crippen molar-refractivity contribution in [3.63, 3.8) is 0 Å². The van der Waals surface area contributed by atoms with E-state index in [1.54, 1.807) is 24.7 Å². The zero-order valence-electron chi connectivity index (χ0n) is 13.7. The van der Waals surface area contributed by atoms with Crippen LogP contribution >= 0.6 is 34.5 Å². The summed E-state index contributed by atoms with van der Waals surface area (Å²) < 4.78 is 0.912. The minimum Gasteiger partial charge on any atom is -0.324 e. The van der Waals surface area contributed by atoms with Crippen LogP contribution in [0.4, 0.5) is 11.6 Å². The molecule has 5 nitrogen and oxygen atoms in total. The van der Waals surface area contributed by atoms with Gasteiger partial charge in [-0.15, -0.1) is 11.3 Å². The summed E-state index contributed by atoms with van der Waals surface area (Å²) in [4.78, 5) is 17.6. The van der Waals surface area contributed by atoms with Crippen molar-refractivity contribution in [1.29, 1.82) is 0 Å². The van der Waals surface area contributed by atoms with Crippen LogP contribution in [0.5, 0.6) is 0 Å². The molecule has 8 heteroatoms. The van der Waals surface area contributed by atoms with E-state index in [9.17, 15) is 0 Å². The normalized spacial score (nSPS) is 11.0. The first-order chi connectivity index (χ1) is 12.7. The van der Waals surface area contributed by atoms with Crippen molar-refractivity contribution in [3.8, 4) is 10.6 Å². The number of anilines is 2. The Morgan fingerprint density at radius 1 is 1.08 bits per heavy atom. The summed E-state index contributed by atoms with van der Waals surface area (Å²) in [6, 6.07) is 9.20. The number of nitrogens with zero attached hydrogens (tertiary/aromatic N) is 4. The third-order valence-electron chi connectivity index (χ3n) is 3.81. The average Bonchev–Trinajstić information content (AvgIpc) is 3.06. The number of rotatable bonds is 4. The molecule has 26 heavy (non-hydrogen) atoms. The smallest absolute Gasteiger partial charge is 0.151 e. The lowest BCUT2D eigenvalue weighted by Crippen LogP contribution is -1.98. The Morgan fingerprint density at radius 2 is 1.88 bits per heavy atom. The van der Waals surface area contributed by atoms with E-state index in [2.05, 4.69) is 25.3 Å². The third-order valence-corrected chi connectivity index (χ3v) is 5.54. The molecule has 0 amide bonds. The predicted molar refractivity (Wildman–Crippen MR) is 108 cm³/mol. The fraction of sp³-hybridized carbons (Fsp3) is 0.111. The number of benzene rings is 1. The minimum atomic E-state index is 0.572. The van der Waals surface area contributed by atoms with Crippen molar-refractivity contribution in [2.75, 3.05) is 5.32 Å². The number of fused-ring (bicyclic) bond motifs is 1. The van der Waals surface area contributed by atoms with Crippen LogP contribution in [-0.2, 0) is 6.42 Å². The summed E-state index contributed by atoms with van der Waals surface area (Å²) in [5.41, 5.74) is 2.52. The highest BCUT2D eigenvalue weighted by molar-refractivity contribution is 7.22. The van der Waals surface area contributed by atoms with E-state index in [1.807, 2.05) is 25.1 Å². The minimum absolute atomic E-state index is 0.572. The first-order valence-electron chi connectivity index (χ1n) is 7.93. The fourth-order valence-electron chi connectivity index (χ4n) is 2.53. The number of hydrogen-bond donors (Lipinski definition) is 1. The van der Waals surface area contributed by atoms with Crippen molar-refractivity contribution in [2.45, 2.75) is 13.3 Å². The second-order valence-electron chi connectivity index (χ2n) is 5.50. The van der Waals surface area contributed by atoms with Gasteiger partial charge in [-0.3, -0.25) is 0 Å². The van der Waals surface area contributed by atoms with Crippen LogP contribution in [0.1, 0.15) is 12.6 Å². The molecule has 0 unspecified atom stereocenters. The Labute approximate surface area is 164 Å². The van der Waals surface area contributed by atoms with Crippen LogP contribution in [0, 0.1) is 0 Å². The van der Waals surface area contributed by atoms with E-state index in [4.69, 9.17) is 23.2 Å². The van der Waals surface area contributed by atoms with Crippen LogP contribution in [-0.4, -0.2) is 19.9 Å². The van der Waals surface area contributed by atoms with Gasteiger partial charge in [0.25, 0.3) is 0 Å². The lowest BCUT2D eigenvalue weighted by Gasteiger charge is -2.05. The molecule has 0 aliphatic carbocycles. The molecule has 0 aliphatic rings. The highest BCUT2D eigenvalue weighted by Crippen LogP contribution is 2.40. The van der Waals surface area contributed by atoms with Gasteiger partial charge in [0.05, 0.1) is 20.3 Å². The summed E-state index contributed by atoms with van der Waals surface area (Å²) >= 11 is 14.1. The van der Waals surface area contributed by atoms with Crippen molar-refractivity contribution in [2.24, 2.45) is 0 Å². The van der Waals surface area contributed by atoms with Gasteiger partial charge < -0.3 is 5.32 Å². The summed E-state index contributed by atoms with van der Waals surface area (Å²) in [5, 5.41) is 5.15. The molecule has 0 spiro atoms. The van der Waals surface area contributed by atoms with Crippen LogP contribution in [0.15, 0.2) is 42.9 Å². The highest BCUT2D eigenvalue weighted by atomic mass is 35.5. The largest absolute Gasteiger partial charge is 0.324 e. The molecule has 4 aromatic rings. The molecule has 0 radical (unpaired) electrons. The maximum absolute atomic E-state index is 6.33. The van der Waals surface area contributed by atoms with Gasteiger partial charge in [0.2, 0.25) is 0 Å². The molecule has 0 saturated heterocycles. The molecule has 1 N–H and O–H groups in total. The molecular formula is C18H13Cl2N5S. The lowest BCUT2D eigenvalue weighted by atomic mass is 10.2. The zero-order chi connectivity index (χ0) is 18.1. The van der Waals surface area contributed by atoms with Crippen molar-refractivity contribution < 1.29 is 0 Å². The maximum atomic E-state index is 6.33. The monoisotopic (exact) mass is 401 g/mol. The topological polar surface area (TPSA) is 63.6 Å². The summed E-state index contributed by atoms with van der Waals surface area (Å²) in [6.45, 7) is 2.05.